The third kappa shape index (κ3) is 4.50. The normalized spacial score (nSPS) is 10.3. The molecule has 0 radical (unpaired) electrons. The molecule has 0 spiro atoms. The van der Waals surface area contributed by atoms with E-state index in [-0.39, 0.29) is 12.5 Å². The number of esters is 1. The van der Waals surface area contributed by atoms with Gasteiger partial charge in [-0.3, -0.25) is 4.79 Å². The van der Waals surface area contributed by atoms with Crippen LogP contribution in [0.4, 0.5) is 11.4 Å². The lowest BCUT2D eigenvalue weighted by Gasteiger charge is -2.17. The van der Waals surface area contributed by atoms with Crippen LogP contribution >= 0.6 is 67.8 Å². The van der Waals surface area contributed by atoms with Crippen molar-refractivity contribution in [1.82, 2.24) is 0 Å². The Balaban J connectivity index is 2.36. The van der Waals surface area contributed by atoms with Gasteiger partial charge in [-0.2, -0.15) is 0 Å². The average molecular weight is 662 g/mol. The molecule has 126 valence electrons. The lowest BCUT2D eigenvalue weighted by Crippen LogP contribution is -2.17. The van der Waals surface area contributed by atoms with Crippen LogP contribution in [0.5, 0.6) is 0 Å². The third-order valence-electron chi connectivity index (χ3n) is 3.07. The van der Waals surface area contributed by atoms with Crippen molar-refractivity contribution >= 4 is 91.0 Å². The van der Waals surface area contributed by atoms with E-state index in [4.69, 9.17) is 10.5 Å². The standard InChI is InChI=1S/C16H13I3N2O3/c1-8(22)21-15-12(18)10(11(17)14(20)13(15)19)16(23)24-7-9-5-3-2-4-6-9/h2-6H,7,20H2,1H3,(H,21,22). The van der Waals surface area contributed by atoms with Crippen molar-refractivity contribution in [1.29, 1.82) is 0 Å². The topological polar surface area (TPSA) is 81.4 Å². The first kappa shape index (κ1) is 19.7. The van der Waals surface area contributed by atoms with Gasteiger partial charge in [-0.05, 0) is 73.3 Å². The number of ether oxygens (including phenoxy) is 1. The average Bonchev–Trinajstić information content (AvgIpc) is 2.56. The van der Waals surface area contributed by atoms with E-state index in [0.29, 0.717) is 27.6 Å². The van der Waals surface area contributed by atoms with Gasteiger partial charge in [0.2, 0.25) is 5.91 Å². The Kier molecular flexibility index (Phi) is 7.10. The Morgan fingerprint density at radius 1 is 1.08 bits per heavy atom. The summed E-state index contributed by atoms with van der Waals surface area (Å²) < 4.78 is 7.35. The van der Waals surface area contributed by atoms with Crippen molar-refractivity contribution in [3.8, 4) is 0 Å². The molecule has 0 fully saturated rings. The molecule has 0 atom stereocenters. The van der Waals surface area contributed by atoms with E-state index in [1.165, 1.54) is 6.92 Å². The van der Waals surface area contributed by atoms with Gasteiger partial charge in [-0.25, -0.2) is 4.79 Å². The van der Waals surface area contributed by atoms with Gasteiger partial charge in [-0.1, -0.05) is 30.3 Å². The molecule has 0 aromatic heterocycles. The van der Waals surface area contributed by atoms with Gasteiger partial charge in [0.25, 0.3) is 0 Å². The number of benzene rings is 2. The van der Waals surface area contributed by atoms with E-state index < -0.39 is 5.97 Å². The highest BCUT2D eigenvalue weighted by Gasteiger charge is 2.25. The Bertz CT molecular complexity index is 795. The van der Waals surface area contributed by atoms with Crippen molar-refractivity contribution in [2.45, 2.75) is 13.5 Å². The molecule has 0 aliphatic carbocycles. The number of amides is 1. The fourth-order valence-electron chi connectivity index (χ4n) is 1.94. The van der Waals surface area contributed by atoms with Crippen molar-refractivity contribution in [3.63, 3.8) is 0 Å². The summed E-state index contributed by atoms with van der Waals surface area (Å²) in [4.78, 5) is 24.0. The van der Waals surface area contributed by atoms with Crippen LogP contribution in [-0.4, -0.2) is 11.9 Å². The molecule has 1 amide bonds. The molecule has 8 heteroatoms. The first-order chi connectivity index (χ1) is 11.3. The van der Waals surface area contributed by atoms with Crippen molar-refractivity contribution in [3.05, 3.63) is 52.2 Å². The zero-order valence-electron chi connectivity index (χ0n) is 12.5. The number of carbonyl (C=O) groups is 2. The summed E-state index contributed by atoms with van der Waals surface area (Å²) in [7, 11) is 0. The first-order valence-corrected chi connectivity index (χ1v) is 10.0. The Hall–Kier alpha value is -0.630. The maximum absolute atomic E-state index is 12.6. The number of rotatable bonds is 4. The molecule has 0 saturated heterocycles. The molecule has 24 heavy (non-hydrogen) atoms. The second kappa shape index (κ2) is 8.65. The highest BCUT2D eigenvalue weighted by molar-refractivity contribution is 14.1. The quantitative estimate of drug-likeness (QED) is 0.289. The molecule has 0 heterocycles. The monoisotopic (exact) mass is 662 g/mol. The predicted octanol–water partition coefficient (Wildman–Crippen LogP) is 4.40. The number of halogens is 3. The molecular weight excluding hydrogens is 649 g/mol. The lowest BCUT2D eigenvalue weighted by atomic mass is 10.1. The van der Waals surface area contributed by atoms with E-state index >= 15 is 0 Å². The lowest BCUT2D eigenvalue weighted by molar-refractivity contribution is -0.114. The van der Waals surface area contributed by atoms with E-state index in [2.05, 4.69) is 27.9 Å². The van der Waals surface area contributed by atoms with Gasteiger partial charge in [0.15, 0.2) is 0 Å². The fourth-order valence-corrected chi connectivity index (χ4v) is 5.82. The minimum atomic E-state index is -0.470. The van der Waals surface area contributed by atoms with Gasteiger partial charge in [0.05, 0.1) is 27.6 Å². The largest absolute Gasteiger partial charge is 0.457 e. The maximum atomic E-state index is 12.6. The molecule has 2 rings (SSSR count). The number of nitrogen functional groups attached to an aromatic ring is 1. The Morgan fingerprint density at radius 3 is 2.29 bits per heavy atom. The number of carbonyl (C=O) groups excluding carboxylic acids is 2. The van der Waals surface area contributed by atoms with Crippen LogP contribution in [0.2, 0.25) is 0 Å². The number of nitrogens with two attached hydrogens (primary N) is 1. The molecule has 0 unspecified atom stereocenters. The Labute approximate surface area is 180 Å². The van der Waals surface area contributed by atoms with E-state index in [9.17, 15) is 9.59 Å². The number of hydrogen-bond donors (Lipinski definition) is 2. The summed E-state index contributed by atoms with van der Waals surface area (Å²) >= 11 is 6.12. The first-order valence-electron chi connectivity index (χ1n) is 6.77. The summed E-state index contributed by atoms with van der Waals surface area (Å²) in [6, 6.07) is 9.43. The van der Waals surface area contributed by atoms with Gasteiger partial charge in [0.1, 0.15) is 6.61 Å². The SMILES string of the molecule is CC(=O)Nc1c(I)c(N)c(I)c(C(=O)OCc2ccccc2)c1I. The van der Waals surface area contributed by atoms with Gasteiger partial charge in [0, 0.05) is 6.92 Å². The molecule has 3 N–H and O–H groups in total. The van der Waals surface area contributed by atoms with Crippen LogP contribution in [0.1, 0.15) is 22.8 Å². The summed E-state index contributed by atoms with van der Waals surface area (Å²) in [5, 5.41) is 2.73. The third-order valence-corrected chi connectivity index (χ3v) is 6.39. The zero-order chi connectivity index (χ0) is 17.9. The zero-order valence-corrected chi connectivity index (χ0v) is 19.0. The minimum absolute atomic E-state index is 0.174. The van der Waals surface area contributed by atoms with Gasteiger partial charge >= 0.3 is 5.97 Å². The highest BCUT2D eigenvalue weighted by atomic mass is 127. The summed E-state index contributed by atoms with van der Waals surface area (Å²) in [6.07, 6.45) is 0. The van der Waals surface area contributed by atoms with Crippen LogP contribution in [0.3, 0.4) is 0 Å². The molecule has 0 aliphatic heterocycles. The highest BCUT2D eigenvalue weighted by Crippen LogP contribution is 2.37. The summed E-state index contributed by atoms with van der Waals surface area (Å²) in [6.45, 7) is 1.58. The predicted molar refractivity (Wildman–Crippen MR) is 119 cm³/mol. The number of nitrogens with one attached hydrogen (secondary N) is 1. The molecule has 2 aromatic rings. The van der Waals surface area contributed by atoms with E-state index in [1.54, 1.807) is 0 Å². The fraction of sp³-hybridized carbons (Fsp3) is 0.125. The second-order valence-electron chi connectivity index (χ2n) is 4.85. The maximum Gasteiger partial charge on any atom is 0.340 e. The van der Waals surface area contributed by atoms with Crippen LogP contribution in [0.25, 0.3) is 0 Å². The van der Waals surface area contributed by atoms with Gasteiger partial charge < -0.3 is 15.8 Å². The molecule has 0 saturated carbocycles. The number of hydrogen-bond acceptors (Lipinski definition) is 4. The molecule has 5 nitrogen and oxygen atoms in total. The van der Waals surface area contributed by atoms with Crippen molar-refractivity contribution in [2.75, 3.05) is 11.1 Å². The van der Waals surface area contributed by atoms with Crippen LogP contribution in [0.15, 0.2) is 30.3 Å². The van der Waals surface area contributed by atoms with Crippen LogP contribution in [0, 0.1) is 10.7 Å². The summed E-state index contributed by atoms with van der Waals surface area (Å²) in [5.41, 5.74) is 8.35. The van der Waals surface area contributed by atoms with E-state index in [0.717, 1.165) is 5.56 Å². The molecular formula is C16H13I3N2O3. The molecule has 2 aromatic carbocycles. The number of anilines is 2. The smallest absolute Gasteiger partial charge is 0.340 e. The molecule has 0 bridgehead atoms. The van der Waals surface area contributed by atoms with Crippen LogP contribution in [-0.2, 0) is 16.1 Å². The minimum Gasteiger partial charge on any atom is -0.457 e. The van der Waals surface area contributed by atoms with E-state index in [1.807, 2.05) is 75.5 Å². The summed E-state index contributed by atoms with van der Waals surface area (Å²) in [5.74, 6) is -0.697. The second-order valence-corrected chi connectivity index (χ2v) is 8.08. The van der Waals surface area contributed by atoms with Crippen molar-refractivity contribution in [2.24, 2.45) is 0 Å². The van der Waals surface area contributed by atoms with Crippen molar-refractivity contribution < 1.29 is 14.3 Å². The van der Waals surface area contributed by atoms with Crippen LogP contribution < -0.4 is 11.1 Å². The molecule has 0 aliphatic rings. The van der Waals surface area contributed by atoms with Gasteiger partial charge in [-0.15, -0.1) is 0 Å². The Morgan fingerprint density at radius 2 is 1.71 bits per heavy atom.